The maximum Gasteiger partial charge on any atom is 0.0965 e. The summed E-state index contributed by atoms with van der Waals surface area (Å²) in [4.78, 5) is 0. The van der Waals surface area contributed by atoms with Gasteiger partial charge in [-0.25, -0.2) is 4.68 Å². The molecule has 0 atom stereocenters. The van der Waals surface area contributed by atoms with Gasteiger partial charge in [0.25, 0.3) is 0 Å². The fraction of sp³-hybridized carbons (Fsp3) is 0.500. The van der Waals surface area contributed by atoms with Crippen LogP contribution in [0.1, 0.15) is 44.5 Å². The molecule has 0 aliphatic rings. The van der Waals surface area contributed by atoms with Crippen LogP contribution in [0.3, 0.4) is 0 Å². The summed E-state index contributed by atoms with van der Waals surface area (Å²) >= 11 is 0. The van der Waals surface area contributed by atoms with Crippen molar-refractivity contribution in [2.45, 2.75) is 52.7 Å². The lowest BCUT2D eigenvalue weighted by Gasteiger charge is -2.19. The molecule has 0 fully saturated rings. The van der Waals surface area contributed by atoms with Crippen LogP contribution in [0.15, 0.2) is 30.5 Å². The lowest BCUT2D eigenvalue weighted by molar-refractivity contribution is 0.421. The molecule has 20 heavy (non-hydrogen) atoms. The van der Waals surface area contributed by atoms with Gasteiger partial charge in [0, 0.05) is 12.1 Å². The Labute approximate surface area is 121 Å². The first kappa shape index (κ1) is 14.7. The Bertz CT molecular complexity index is 534. The number of aromatic nitrogens is 3. The van der Waals surface area contributed by atoms with E-state index in [1.807, 2.05) is 10.9 Å². The van der Waals surface area contributed by atoms with Crippen LogP contribution in [-0.4, -0.2) is 20.5 Å². The normalized spacial score (nSPS) is 11.8. The van der Waals surface area contributed by atoms with Gasteiger partial charge in [-0.05, 0) is 38.3 Å². The van der Waals surface area contributed by atoms with Crippen molar-refractivity contribution in [2.75, 3.05) is 0 Å². The Kier molecular flexibility index (Phi) is 4.55. The molecule has 0 bridgehead atoms. The predicted molar refractivity (Wildman–Crippen MR) is 81.5 cm³/mol. The molecule has 2 aromatic rings. The topological polar surface area (TPSA) is 42.7 Å². The van der Waals surface area contributed by atoms with Crippen molar-refractivity contribution in [3.8, 4) is 0 Å². The van der Waals surface area contributed by atoms with E-state index in [-0.39, 0.29) is 5.54 Å². The molecule has 0 spiro atoms. The molecule has 0 saturated heterocycles. The van der Waals surface area contributed by atoms with Gasteiger partial charge in [0.05, 0.1) is 18.4 Å². The quantitative estimate of drug-likeness (QED) is 0.910. The standard InChI is InChI=1S/C16H24N4/c1-5-13-6-8-14(9-7-13)11-20-12-15(18-19-20)10-17-16(2,3)4/h6-9,12,17H,5,10-11H2,1-4H3. The highest BCUT2D eigenvalue weighted by molar-refractivity contribution is 5.22. The smallest absolute Gasteiger partial charge is 0.0965 e. The van der Waals surface area contributed by atoms with Crippen molar-refractivity contribution in [1.82, 2.24) is 20.3 Å². The highest BCUT2D eigenvalue weighted by atomic mass is 15.4. The van der Waals surface area contributed by atoms with E-state index in [1.165, 1.54) is 11.1 Å². The van der Waals surface area contributed by atoms with Crippen LogP contribution in [0.2, 0.25) is 0 Å². The Morgan fingerprint density at radius 2 is 1.75 bits per heavy atom. The average Bonchev–Trinajstić information content (AvgIpc) is 2.84. The molecular formula is C16H24N4. The molecule has 4 heteroatoms. The molecule has 0 unspecified atom stereocenters. The predicted octanol–water partition coefficient (Wildman–Crippen LogP) is 2.78. The molecule has 0 radical (unpaired) electrons. The number of hydrogen-bond acceptors (Lipinski definition) is 3. The lowest BCUT2D eigenvalue weighted by atomic mass is 10.1. The number of hydrogen-bond donors (Lipinski definition) is 1. The monoisotopic (exact) mass is 272 g/mol. The molecule has 4 nitrogen and oxygen atoms in total. The largest absolute Gasteiger partial charge is 0.306 e. The van der Waals surface area contributed by atoms with E-state index in [2.05, 4.69) is 67.6 Å². The number of aryl methyl sites for hydroxylation is 1. The summed E-state index contributed by atoms with van der Waals surface area (Å²) in [5.41, 5.74) is 3.69. The fourth-order valence-electron chi connectivity index (χ4n) is 1.92. The molecule has 0 aliphatic heterocycles. The van der Waals surface area contributed by atoms with Crippen LogP contribution in [-0.2, 0) is 19.5 Å². The van der Waals surface area contributed by atoms with E-state index >= 15 is 0 Å². The zero-order valence-electron chi connectivity index (χ0n) is 12.8. The van der Waals surface area contributed by atoms with E-state index in [0.717, 1.165) is 25.2 Å². The molecule has 1 aromatic heterocycles. The van der Waals surface area contributed by atoms with Crippen molar-refractivity contribution in [3.05, 3.63) is 47.3 Å². The summed E-state index contributed by atoms with van der Waals surface area (Å²) in [5, 5.41) is 11.8. The molecule has 1 N–H and O–H groups in total. The third-order valence-electron chi connectivity index (χ3n) is 3.16. The maximum absolute atomic E-state index is 4.20. The zero-order valence-corrected chi connectivity index (χ0v) is 12.8. The molecule has 1 aromatic carbocycles. The Balaban J connectivity index is 1.94. The third-order valence-corrected chi connectivity index (χ3v) is 3.16. The van der Waals surface area contributed by atoms with Crippen molar-refractivity contribution in [3.63, 3.8) is 0 Å². The van der Waals surface area contributed by atoms with Crippen molar-refractivity contribution < 1.29 is 0 Å². The Morgan fingerprint density at radius 1 is 1.10 bits per heavy atom. The lowest BCUT2D eigenvalue weighted by Crippen LogP contribution is -2.35. The number of rotatable bonds is 5. The minimum atomic E-state index is 0.0970. The van der Waals surface area contributed by atoms with Crippen LogP contribution in [0, 0.1) is 0 Å². The molecule has 108 valence electrons. The number of nitrogens with one attached hydrogen (secondary N) is 1. The third kappa shape index (κ3) is 4.46. The second-order valence-electron chi connectivity index (χ2n) is 6.18. The summed E-state index contributed by atoms with van der Waals surface area (Å²) in [6.45, 7) is 10.1. The minimum absolute atomic E-state index is 0.0970. The molecule has 0 saturated carbocycles. The first-order valence-corrected chi connectivity index (χ1v) is 7.18. The zero-order chi connectivity index (χ0) is 14.6. The summed E-state index contributed by atoms with van der Waals surface area (Å²) in [5.74, 6) is 0. The SMILES string of the molecule is CCc1ccc(Cn2cc(CNC(C)(C)C)nn2)cc1. The van der Waals surface area contributed by atoms with Gasteiger partial charge in [-0.15, -0.1) is 5.10 Å². The Hall–Kier alpha value is -1.68. The van der Waals surface area contributed by atoms with Crippen LogP contribution in [0.25, 0.3) is 0 Å². The number of nitrogens with zero attached hydrogens (tertiary/aromatic N) is 3. The van der Waals surface area contributed by atoms with Gasteiger partial charge in [-0.1, -0.05) is 36.4 Å². The van der Waals surface area contributed by atoms with E-state index in [4.69, 9.17) is 0 Å². The molecular weight excluding hydrogens is 248 g/mol. The summed E-state index contributed by atoms with van der Waals surface area (Å²) in [6, 6.07) is 8.67. The van der Waals surface area contributed by atoms with E-state index in [1.54, 1.807) is 0 Å². The highest BCUT2D eigenvalue weighted by Gasteiger charge is 2.10. The van der Waals surface area contributed by atoms with Crippen LogP contribution in [0.4, 0.5) is 0 Å². The van der Waals surface area contributed by atoms with Crippen LogP contribution < -0.4 is 5.32 Å². The summed E-state index contributed by atoms with van der Waals surface area (Å²) in [7, 11) is 0. The first-order chi connectivity index (χ1) is 9.46. The minimum Gasteiger partial charge on any atom is -0.306 e. The molecule has 2 rings (SSSR count). The van der Waals surface area contributed by atoms with Gasteiger partial charge in [0.2, 0.25) is 0 Å². The van der Waals surface area contributed by atoms with Gasteiger partial charge in [0.1, 0.15) is 0 Å². The van der Waals surface area contributed by atoms with E-state index < -0.39 is 0 Å². The maximum atomic E-state index is 4.20. The first-order valence-electron chi connectivity index (χ1n) is 7.18. The van der Waals surface area contributed by atoms with Gasteiger partial charge < -0.3 is 5.32 Å². The Morgan fingerprint density at radius 3 is 2.35 bits per heavy atom. The van der Waals surface area contributed by atoms with Crippen LogP contribution in [0.5, 0.6) is 0 Å². The molecule has 0 amide bonds. The highest BCUT2D eigenvalue weighted by Crippen LogP contribution is 2.07. The van der Waals surface area contributed by atoms with Crippen molar-refractivity contribution >= 4 is 0 Å². The second kappa shape index (κ2) is 6.18. The average molecular weight is 272 g/mol. The van der Waals surface area contributed by atoms with E-state index in [9.17, 15) is 0 Å². The number of benzene rings is 1. The van der Waals surface area contributed by atoms with Crippen molar-refractivity contribution in [1.29, 1.82) is 0 Å². The van der Waals surface area contributed by atoms with Gasteiger partial charge in [0.15, 0.2) is 0 Å². The van der Waals surface area contributed by atoms with Gasteiger partial charge >= 0.3 is 0 Å². The van der Waals surface area contributed by atoms with Crippen molar-refractivity contribution in [2.24, 2.45) is 0 Å². The summed E-state index contributed by atoms with van der Waals surface area (Å²) in [6.07, 6.45) is 3.08. The fourth-order valence-corrected chi connectivity index (χ4v) is 1.92. The molecule has 1 heterocycles. The second-order valence-corrected chi connectivity index (χ2v) is 6.18. The van der Waals surface area contributed by atoms with E-state index in [0.29, 0.717) is 0 Å². The molecule has 0 aliphatic carbocycles. The van der Waals surface area contributed by atoms with Gasteiger partial charge in [-0.2, -0.15) is 0 Å². The van der Waals surface area contributed by atoms with Gasteiger partial charge in [-0.3, -0.25) is 0 Å². The van der Waals surface area contributed by atoms with Crippen LogP contribution >= 0.6 is 0 Å². The summed E-state index contributed by atoms with van der Waals surface area (Å²) < 4.78 is 1.89.